The fourth-order valence-electron chi connectivity index (χ4n) is 1.75. The second kappa shape index (κ2) is 9.58. The van der Waals surface area contributed by atoms with Crippen molar-refractivity contribution in [3.63, 3.8) is 0 Å². The molecule has 6 heteroatoms. The van der Waals surface area contributed by atoms with Gasteiger partial charge in [0.1, 0.15) is 0 Å². The topological polar surface area (TPSA) is 59.6 Å². The summed E-state index contributed by atoms with van der Waals surface area (Å²) < 4.78 is 10.3. The highest BCUT2D eigenvalue weighted by atomic mass is 35.5. The molecule has 0 saturated carbocycles. The lowest BCUT2D eigenvalue weighted by molar-refractivity contribution is 0.0486. The lowest BCUT2D eigenvalue weighted by Gasteiger charge is -2.18. The van der Waals surface area contributed by atoms with Crippen molar-refractivity contribution in [3.8, 4) is 0 Å². The highest BCUT2D eigenvalue weighted by Crippen LogP contribution is 2.23. The van der Waals surface area contributed by atoms with Gasteiger partial charge in [0.2, 0.25) is 0 Å². The summed E-state index contributed by atoms with van der Waals surface area (Å²) in [6.07, 6.45) is 0.318. The van der Waals surface area contributed by atoms with Gasteiger partial charge in [-0.05, 0) is 37.7 Å². The minimum atomic E-state index is -0.455. The number of rotatable bonds is 8. The van der Waals surface area contributed by atoms with Gasteiger partial charge in [-0.3, -0.25) is 0 Å². The molecule has 0 aliphatic rings. The van der Waals surface area contributed by atoms with Crippen LogP contribution in [0.3, 0.4) is 0 Å². The lowest BCUT2D eigenvalue weighted by atomic mass is 10.1. The lowest BCUT2D eigenvalue weighted by Crippen LogP contribution is -2.27. The third kappa shape index (κ3) is 6.23. The summed E-state index contributed by atoms with van der Waals surface area (Å²) in [5.41, 5.74) is 1.03. The Morgan fingerprint density at radius 2 is 2.20 bits per heavy atom. The molecular formula is C14H21ClN2O3. The van der Waals surface area contributed by atoms with Crippen LogP contribution in [0.2, 0.25) is 5.02 Å². The number of hydrogen-bond donors (Lipinski definition) is 2. The second-order valence-electron chi connectivity index (χ2n) is 4.23. The molecule has 2 N–H and O–H groups in total. The van der Waals surface area contributed by atoms with Gasteiger partial charge in [-0.25, -0.2) is 4.79 Å². The van der Waals surface area contributed by atoms with Gasteiger partial charge in [0.05, 0.1) is 19.8 Å². The van der Waals surface area contributed by atoms with Gasteiger partial charge in [-0.1, -0.05) is 23.7 Å². The Morgan fingerprint density at radius 1 is 1.40 bits per heavy atom. The van der Waals surface area contributed by atoms with E-state index < -0.39 is 6.09 Å². The monoisotopic (exact) mass is 300 g/mol. The Hall–Kier alpha value is -1.30. The Labute approximate surface area is 124 Å². The van der Waals surface area contributed by atoms with Crippen molar-refractivity contribution >= 4 is 17.7 Å². The molecule has 0 spiro atoms. The number of carbonyl (C=O) groups is 1. The largest absolute Gasteiger partial charge is 0.453 e. The number of ether oxygens (including phenoxy) is 2. The standard InChI is InChI=1S/C14H21ClN2O3/c1-16-7-6-13(11-4-3-5-12(15)10-11)20-9-8-17-14(18)19-2/h3-5,10,13,16H,6-9H2,1-2H3,(H,17,18)/t13-/m1/s1. The van der Waals surface area contributed by atoms with Gasteiger partial charge in [0.15, 0.2) is 0 Å². The van der Waals surface area contributed by atoms with E-state index in [0.29, 0.717) is 18.2 Å². The molecule has 1 aromatic carbocycles. The zero-order valence-corrected chi connectivity index (χ0v) is 12.6. The fraction of sp³-hybridized carbons (Fsp3) is 0.500. The maximum absolute atomic E-state index is 10.9. The molecule has 0 unspecified atom stereocenters. The van der Waals surface area contributed by atoms with E-state index in [1.54, 1.807) is 0 Å². The second-order valence-corrected chi connectivity index (χ2v) is 4.66. The number of amides is 1. The molecule has 0 radical (unpaired) electrons. The van der Waals surface area contributed by atoms with E-state index in [4.69, 9.17) is 16.3 Å². The molecule has 0 aromatic heterocycles. The third-order valence-electron chi connectivity index (χ3n) is 2.75. The van der Waals surface area contributed by atoms with Crippen LogP contribution in [0, 0.1) is 0 Å². The molecule has 0 aliphatic heterocycles. The summed E-state index contributed by atoms with van der Waals surface area (Å²) in [7, 11) is 3.23. The molecule has 1 amide bonds. The van der Waals surface area contributed by atoms with Crippen molar-refractivity contribution in [1.29, 1.82) is 0 Å². The third-order valence-corrected chi connectivity index (χ3v) is 2.99. The predicted octanol–water partition coefficient (Wildman–Crippen LogP) is 2.36. The maximum atomic E-state index is 10.9. The number of methoxy groups -OCH3 is 1. The molecule has 1 atom stereocenters. The first-order valence-corrected chi connectivity index (χ1v) is 6.88. The van der Waals surface area contributed by atoms with Crippen molar-refractivity contribution < 1.29 is 14.3 Å². The first-order valence-electron chi connectivity index (χ1n) is 6.51. The van der Waals surface area contributed by atoms with E-state index >= 15 is 0 Å². The van der Waals surface area contributed by atoms with Gasteiger partial charge in [-0.2, -0.15) is 0 Å². The minimum absolute atomic E-state index is 0.0550. The first-order chi connectivity index (χ1) is 9.67. The molecule has 20 heavy (non-hydrogen) atoms. The number of halogens is 1. The van der Waals surface area contributed by atoms with Crippen LogP contribution in [0.1, 0.15) is 18.1 Å². The van der Waals surface area contributed by atoms with Crippen molar-refractivity contribution in [2.45, 2.75) is 12.5 Å². The zero-order valence-electron chi connectivity index (χ0n) is 11.8. The summed E-state index contributed by atoms with van der Waals surface area (Å²) in [4.78, 5) is 10.9. The SMILES string of the molecule is CNCC[C@@H](OCCNC(=O)OC)c1cccc(Cl)c1. The molecule has 0 heterocycles. The van der Waals surface area contributed by atoms with Crippen molar-refractivity contribution in [1.82, 2.24) is 10.6 Å². The Kier molecular flexibility index (Phi) is 8.02. The minimum Gasteiger partial charge on any atom is -0.453 e. The molecule has 1 rings (SSSR count). The quantitative estimate of drug-likeness (QED) is 0.724. The maximum Gasteiger partial charge on any atom is 0.406 e. The van der Waals surface area contributed by atoms with Crippen molar-refractivity contribution in [2.75, 3.05) is 33.9 Å². The Bertz CT molecular complexity index is 415. The number of carbonyl (C=O) groups excluding carboxylic acids is 1. The summed E-state index contributed by atoms with van der Waals surface area (Å²) in [5, 5.41) is 6.36. The number of hydrogen-bond acceptors (Lipinski definition) is 4. The molecule has 0 bridgehead atoms. The summed E-state index contributed by atoms with van der Waals surface area (Å²) in [6, 6.07) is 7.62. The van der Waals surface area contributed by atoms with Crippen LogP contribution >= 0.6 is 11.6 Å². The summed E-state index contributed by atoms with van der Waals surface area (Å²) >= 11 is 6.00. The van der Waals surface area contributed by atoms with Crippen molar-refractivity contribution in [3.05, 3.63) is 34.9 Å². The normalized spacial score (nSPS) is 11.9. The number of nitrogens with one attached hydrogen (secondary N) is 2. The van der Waals surface area contributed by atoms with Crippen LogP contribution in [0.15, 0.2) is 24.3 Å². The Morgan fingerprint density at radius 3 is 2.85 bits per heavy atom. The van der Waals surface area contributed by atoms with Crippen LogP contribution < -0.4 is 10.6 Å². The van der Waals surface area contributed by atoms with Gasteiger partial charge in [0.25, 0.3) is 0 Å². The van der Waals surface area contributed by atoms with Crippen LogP contribution in [0.25, 0.3) is 0 Å². The first kappa shape index (κ1) is 16.8. The van der Waals surface area contributed by atoms with E-state index in [1.165, 1.54) is 7.11 Å². The average Bonchev–Trinajstić information content (AvgIpc) is 2.46. The zero-order chi connectivity index (χ0) is 14.8. The van der Waals surface area contributed by atoms with Gasteiger partial charge in [0, 0.05) is 11.6 Å². The van der Waals surface area contributed by atoms with E-state index in [0.717, 1.165) is 18.5 Å². The van der Waals surface area contributed by atoms with Crippen LogP contribution in [0.4, 0.5) is 4.79 Å². The predicted molar refractivity (Wildman–Crippen MR) is 79.1 cm³/mol. The van der Waals surface area contributed by atoms with Crippen LogP contribution in [-0.2, 0) is 9.47 Å². The molecule has 0 aliphatic carbocycles. The highest BCUT2D eigenvalue weighted by Gasteiger charge is 2.12. The summed E-state index contributed by atoms with van der Waals surface area (Å²) in [5.74, 6) is 0. The molecular weight excluding hydrogens is 280 g/mol. The molecule has 112 valence electrons. The molecule has 1 aromatic rings. The van der Waals surface area contributed by atoms with Gasteiger partial charge >= 0.3 is 6.09 Å². The van der Waals surface area contributed by atoms with E-state index in [9.17, 15) is 4.79 Å². The Balaban J connectivity index is 2.49. The molecule has 0 fully saturated rings. The van der Waals surface area contributed by atoms with E-state index in [1.807, 2.05) is 31.3 Å². The van der Waals surface area contributed by atoms with Gasteiger partial charge < -0.3 is 20.1 Å². The van der Waals surface area contributed by atoms with Crippen LogP contribution in [-0.4, -0.2) is 39.9 Å². The molecule has 5 nitrogen and oxygen atoms in total. The van der Waals surface area contributed by atoms with Crippen molar-refractivity contribution in [2.24, 2.45) is 0 Å². The number of benzene rings is 1. The van der Waals surface area contributed by atoms with E-state index in [2.05, 4.69) is 15.4 Å². The average molecular weight is 301 g/mol. The summed E-state index contributed by atoms with van der Waals surface area (Å²) in [6.45, 7) is 1.65. The van der Waals surface area contributed by atoms with Crippen LogP contribution in [0.5, 0.6) is 0 Å². The van der Waals surface area contributed by atoms with Gasteiger partial charge in [-0.15, -0.1) is 0 Å². The van der Waals surface area contributed by atoms with E-state index in [-0.39, 0.29) is 6.10 Å². The fourth-order valence-corrected chi connectivity index (χ4v) is 1.95. The smallest absolute Gasteiger partial charge is 0.406 e. The highest BCUT2D eigenvalue weighted by molar-refractivity contribution is 6.30. The number of alkyl carbamates (subject to hydrolysis) is 1. The molecule has 0 saturated heterocycles.